The number of fused-ring (bicyclic) bond motifs is 1. The summed E-state index contributed by atoms with van der Waals surface area (Å²) >= 11 is 0. The molecule has 3 saturated heterocycles. The lowest BCUT2D eigenvalue weighted by Gasteiger charge is -2.47. The molecule has 4 aliphatic rings. The number of carbonyl (C=O) groups is 1. The summed E-state index contributed by atoms with van der Waals surface area (Å²) in [5.74, 6) is 2.69. The lowest BCUT2D eigenvalue weighted by atomic mass is 9.87. The van der Waals surface area contributed by atoms with Gasteiger partial charge in [-0.1, -0.05) is 24.8 Å². The maximum atomic E-state index is 11.7. The molecule has 5 heterocycles. The first-order valence-corrected chi connectivity index (χ1v) is 13.7. The third kappa shape index (κ3) is 5.53. The molecule has 7 heteroatoms. The van der Waals surface area contributed by atoms with E-state index in [1.54, 1.807) is 0 Å². The fourth-order valence-electron chi connectivity index (χ4n) is 6.10. The number of nitrogens with one attached hydrogen (secondary N) is 1. The smallest absolute Gasteiger partial charge is 0.246 e. The Bertz CT molecular complexity index is 1090. The van der Waals surface area contributed by atoms with Crippen LogP contribution < -0.4 is 5.32 Å². The number of hydrogen-bond acceptors (Lipinski definition) is 6. The van der Waals surface area contributed by atoms with Crippen LogP contribution in [0.25, 0.3) is 0 Å². The second-order valence-electron chi connectivity index (χ2n) is 10.8. The van der Waals surface area contributed by atoms with Crippen molar-refractivity contribution in [3.63, 3.8) is 0 Å². The van der Waals surface area contributed by atoms with Crippen LogP contribution in [-0.4, -0.2) is 66.1 Å². The highest BCUT2D eigenvalue weighted by Gasteiger charge is 2.35. The number of anilines is 1. The number of pyridine rings is 1. The summed E-state index contributed by atoms with van der Waals surface area (Å²) in [5.41, 5.74) is 4.56. The molecule has 0 saturated carbocycles. The highest BCUT2D eigenvalue weighted by molar-refractivity contribution is 5.87. The van der Waals surface area contributed by atoms with Gasteiger partial charge >= 0.3 is 0 Å². The molecule has 1 atom stereocenters. The van der Waals surface area contributed by atoms with Gasteiger partial charge in [-0.25, -0.2) is 4.98 Å². The standard InChI is InChI=1S/C30H40N4O3/c1-5-28(35)34-18-25(19-34)33-14-9-23(10-15-33)20(2)6-7-27-21(3)32-30-29(22(4)37-27)26(8-13-31-30)24-11-16-36-17-12-24/h5-8,13,22-25H,1,3,9-12,14-19H2,2,4H3,(H,31,32)/b20-6+,27-7+/t22-/m0/s1. The molecule has 4 aliphatic heterocycles. The monoisotopic (exact) mass is 504 g/mol. The minimum absolute atomic E-state index is 0.0442. The second-order valence-corrected chi connectivity index (χ2v) is 10.8. The normalized spacial score (nSPS) is 25.6. The van der Waals surface area contributed by atoms with Crippen LogP contribution >= 0.6 is 0 Å². The largest absolute Gasteiger partial charge is 0.484 e. The van der Waals surface area contributed by atoms with E-state index >= 15 is 0 Å². The molecule has 0 aromatic carbocycles. The molecule has 1 aromatic heterocycles. The number of carbonyl (C=O) groups excluding carboxylic acids is 1. The van der Waals surface area contributed by atoms with Crippen molar-refractivity contribution in [1.82, 2.24) is 14.8 Å². The van der Waals surface area contributed by atoms with Crippen molar-refractivity contribution in [2.75, 3.05) is 44.7 Å². The average molecular weight is 505 g/mol. The molecule has 37 heavy (non-hydrogen) atoms. The second kappa shape index (κ2) is 11.2. The first-order valence-electron chi connectivity index (χ1n) is 13.7. The quantitative estimate of drug-likeness (QED) is 0.574. The van der Waals surface area contributed by atoms with E-state index < -0.39 is 0 Å². The lowest BCUT2D eigenvalue weighted by molar-refractivity contribution is -0.133. The van der Waals surface area contributed by atoms with Gasteiger partial charge in [0, 0.05) is 44.1 Å². The van der Waals surface area contributed by atoms with Crippen LogP contribution in [0.4, 0.5) is 5.82 Å². The van der Waals surface area contributed by atoms with Gasteiger partial charge in [0.25, 0.3) is 0 Å². The van der Waals surface area contributed by atoms with Crippen LogP contribution in [-0.2, 0) is 14.3 Å². The zero-order valence-electron chi connectivity index (χ0n) is 22.2. The molecule has 5 rings (SSSR count). The van der Waals surface area contributed by atoms with Gasteiger partial charge in [0.05, 0.1) is 5.70 Å². The van der Waals surface area contributed by atoms with Crippen LogP contribution in [0.2, 0.25) is 0 Å². The number of allylic oxidation sites excluding steroid dienone is 3. The molecule has 1 amide bonds. The fraction of sp³-hybridized carbons (Fsp3) is 0.533. The summed E-state index contributed by atoms with van der Waals surface area (Å²) in [5, 5.41) is 3.43. The number of amides is 1. The SMILES string of the molecule is C=CC(=O)N1CC(N2CCC(/C(C)=C/C=C3/O[C@@H](C)c4c(C5CCOCC5)ccnc4NC3=C)CC2)C1. The van der Waals surface area contributed by atoms with E-state index in [2.05, 4.69) is 60.4 Å². The third-order valence-corrected chi connectivity index (χ3v) is 8.50. The van der Waals surface area contributed by atoms with Crippen molar-refractivity contribution < 1.29 is 14.3 Å². The number of ether oxygens (including phenoxy) is 2. The maximum Gasteiger partial charge on any atom is 0.246 e. The Kier molecular flexibility index (Phi) is 7.81. The van der Waals surface area contributed by atoms with Gasteiger partial charge in [-0.15, -0.1) is 0 Å². The maximum absolute atomic E-state index is 11.7. The molecule has 0 radical (unpaired) electrons. The van der Waals surface area contributed by atoms with E-state index in [0.717, 1.165) is 87.9 Å². The van der Waals surface area contributed by atoms with Crippen molar-refractivity contribution in [3.8, 4) is 0 Å². The van der Waals surface area contributed by atoms with Crippen LogP contribution in [0.15, 0.2) is 60.7 Å². The number of hydrogen-bond donors (Lipinski definition) is 1. The van der Waals surface area contributed by atoms with E-state index in [0.29, 0.717) is 17.9 Å². The van der Waals surface area contributed by atoms with E-state index in [-0.39, 0.29) is 12.0 Å². The summed E-state index contributed by atoms with van der Waals surface area (Å²) in [6, 6.07) is 2.63. The Hall–Kier alpha value is -2.90. The summed E-state index contributed by atoms with van der Waals surface area (Å²) in [6.07, 6.45) is 11.8. The molecule has 0 spiro atoms. The topological polar surface area (TPSA) is 66.9 Å². The molecule has 0 bridgehead atoms. The van der Waals surface area contributed by atoms with Gasteiger partial charge in [0.15, 0.2) is 0 Å². The summed E-state index contributed by atoms with van der Waals surface area (Å²) in [7, 11) is 0. The Morgan fingerprint density at radius 2 is 1.92 bits per heavy atom. The fourth-order valence-corrected chi connectivity index (χ4v) is 6.10. The molecule has 3 fully saturated rings. The lowest BCUT2D eigenvalue weighted by Crippen LogP contribution is -2.61. The molecule has 1 N–H and O–H groups in total. The number of likely N-dealkylation sites (tertiary alicyclic amines) is 2. The minimum atomic E-state index is -0.119. The molecule has 7 nitrogen and oxygen atoms in total. The van der Waals surface area contributed by atoms with Crippen molar-refractivity contribution >= 4 is 11.7 Å². The average Bonchev–Trinajstić information content (AvgIpc) is 3.02. The van der Waals surface area contributed by atoms with Crippen molar-refractivity contribution in [1.29, 1.82) is 0 Å². The molecule has 198 valence electrons. The number of piperidine rings is 1. The van der Waals surface area contributed by atoms with Gasteiger partial charge in [-0.05, 0) is 88.2 Å². The third-order valence-electron chi connectivity index (χ3n) is 8.50. The number of rotatable bonds is 5. The van der Waals surface area contributed by atoms with Gasteiger partial charge in [0.1, 0.15) is 17.7 Å². The summed E-state index contributed by atoms with van der Waals surface area (Å²) in [4.78, 5) is 20.8. The minimum Gasteiger partial charge on any atom is -0.484 e. The Morgan fingerprint density at radius 1 is 1.19 bits per heavy atom. The molecular weight excluding hydrogens is 464 g/mol. The Balaban J connectivity index is 1.21. The van der Waals surface area contributed by atoms with E-state index in [1.807, 2.05) is 11.1 Å². The van der Waals surface area contributed by atoms with Crippen LogP contribution in [0.5, 0.6) is 0 Å². The van der Waals surface area contributed by atoms with E-state index in [9.17, 15) is 4.79 Å². The summed E-state index contributed by atoms with van der Waals surface area (Å²) < 4.78 is 12.1. The number of nitrogens with zero attached hydrogens (tertiary/aromatic N) is 3. The Morgan fingerprint density at radius 3 is 2.62 bits per heavy atom. The molecule has 0 unspecified atom stereocenters. The predicted octanol–water partition coefficient (Wildman–Crippen LogP) is 4.93. The van der Waals surface area contributed by atoms with E-state index in [1.165, 1.54) is 17.2 Å². The molecule has 1 aromatic rings. The van der Waals surface area contributed by atoms with Crippen LogP contribution in [0.3, 0.4) is 0 Å². The highest BCUT2D eigenvalue weighted by atomic mass is 16.5. The zero-order valence-corrected chi connectivity index (χ0v) is 22.2. The first-order chi connectivity index (χ1) is 17.9. The highest BCUT2D eigenvalue weighted by Crippen LogP contribution is 2.40. The summed E-state index contributed by atoms with van der Waals surface area (Å²) in [6.45, 7) is 17.6. The van der Waals surface area contributed by atoms with Gasteiger partial charge in [-0.3, -0.25) is 9.69 Å². The van der Waals surface area contributed by atoms with Crippen molar-refractivity contribution in [2.24, 2.45) is 5.92 Å². The van der Waals surface area contributed by atoms with Gasteiger partial charge < -0.3 is 19.7 Å². The van der Waals surface area contributed by atoms with Gasteiger partial charge in [-0.2, -0.15) is 0 Å². The van der Waals surface area contributed by atoms with Crippen molar-refractivity contribution in [3.05, 3.63) is 71.8 Å². The predicted molar refractivity (Wildman–Crippen MR) is 146 cm³/mol. The molecule has 0 aliphatic carbocycles. The van der Waals surface area contributed by atoms with Crippen LogP contribution in [0, 0.1) is 5.92 Å². The van der Waals surface area contributed by atoms with Crippen LogP contribution in [0.1, 0.15) is 62.7 Å². The van der Waals surface area contributed by atoms with E-state index in [4.69, 9.17) is 9.47 Å². The first kappa shape index (κ1) is 25.7. The Labute approximate surface area is 220 Å². The zero-order chi connectivity index (χ0) is 25.9. The molecular formula is C30H40N4O3. The number of aromatic nitrogens is 1. The van der Waals surface area contributed by atoms with Crippen molar-refractivity contribution in [2.45, 2.75) is 57.6 Å². The van der Waals surface area contributed by atoms with Gasteiger partial charge in [0.2, 0.25) is 5.91 Å².